The van der Waals surface area contributed by atoms with E-state index in [1.54, 1.807) is 0 Å². The first kappa shape index (κ1) is 17.2. The molecule has 0 unspecified atom stereocenters. The van der Waals surface area contributed by atoms with Crippen molar-refractivity contribution in [1.82, 2.24) is 35.9 Å². The summed E-state index contributed by atoms with van der Waals surface area (Å²) < 4.78 is 24.2. The third-order valence-corrected chi connectivity index (χ3v) is 3.92. The molecule has 5 aromatic rings. The summed E-state index contributed by atoms with van der Waals surface area (Å²) in [6.07, 6.45) is 0. The van der Waals surface area contributed by atoms with E-state index in [0.717, 1.165) is 0 Å². The van der Waals surface area contributed by atoms with Crippen LogP contribution in [0, 0.1) is 29.5 Å². The van der Waals surface area contributed by atoms with Crippen molar-refractivity contribution in [3.8, 4) is 46.3 Å². The van der Waals surface area contributed by atoms with Gasteiger partial charge in [-0.25, -0.2) is 0 Å². The highest BCUT2D eigenvalue weighted by Crippen LogP contribution is 2.30. The molecule has 0 bridgehead atoms. The lowest BCUT2D eigenvalue weighted by atomic mass is 10.3. The van der Waals surface area contributed by atoms with Crippen LogP contribution in [0.15, 0.2) is 22.7 Å². The van der Waals surface area contributed by atoms with Crippen LogP contribution in [0.2, 0.25) is 0 Å². The highest BCUT2D eigenvalue weighted by Gasteiger charge is 2.35. The normalized spacial score (nSPS) is 11.4. The fraction of sp³-hybridized carbons (Fsp3) is 0.167. The van der Waals surface area contributed by atoms with E-state index in [1.807, 2.05) is 0 Å². The Labute approximate surface area is 161 Å². The highest BCUT2D eigenvalue weighted by molar-refractivity contribution is 5.66. The number of nitrogens with zero attached hydrogens (tertiary/aromatic N) is 10. The summed E-state index contributed by atoms with van der Waals surface area (Å²) in [7, 11) is 0. The molecule has 0 amide bonds. The van der Waals surface area contributed by atoms with Crippen LogP contribution in [0.1, 0.15) is 11.4 Å². The van der Waals surface area contributed by atoms with Crippen molar-refractivity contribution in [2.45, 2.75) is 13.8 Å². The van der Waals surface area contributed by atoms with Crippen LogP contribution in [-0.4, -0.2) is 35.9 Å². The molecular formula is C12H6N10O8. The van der Waals surface area contributed by atoms with E-state index >= 15 is 0 Å². The molecule has 152 valence electrons. The van der Waals surface area contributed by atoms with Crippen molar-refractivity contribution in [3.63, 3.8) is 0 Å². The van der Waals surface area contributed by atoms with Gasteiger partial charge < -0.3 is 24.5 Å². The smallest absolute Gasteiger partial charge is 0.317 e. The largest absolute Gasteiger partial charge is 0.409 e. The average Bonchev–Trinajstić information content (AvgIpc) is 3.52. The van der Waals surface area contributed by atoms with E-state index < -0.39 is 0 Å². The molecule has 0 fully saturated rings. The minimum Gasteiger partial charge on any atom is -0.409 e. The van der Waals surface area contributed by atoms with Gasteiger partial charge in [-0.15, -0.1) is 20.4 Å². The predicted octanol–water partition coefficient (Wildman–Crippen LogP) is -1.40. The Balaban J connectivity index is 1.55. The van der Waals surface area contributed by atoms with E-state index in [0.29, 0.717) is 0 Å². The minimum atomic E-state index is -0.351. The fourth-order valence-corrected chi connectivity index (χ4v) is 2.37. The van der Waals surface area contributed by atoms with E-state index in [9.17, 15) is 15.6 Å². The molecule has 0 radical (unpaired) electrons. The summed E-state index contributed by atoms with van der Waals surface area (Å²) in [6.45, 7) is 2.84. The zero-order valence-corrected chi connectivity index (χ0v) is 14.7. The molecule has 5 aromatic heterocycles. The molecule has 0 saturated heterocycles. The molecule has 0 atom stereocenters. The van der Waals surface area contributed by atoms with Crippen LogP contribution in [-0.2, 0) is 0 Å². The van der Waals surface area contributed by atoms with Crippen molar-refractivity contribution in [2.75, 3.05) is 0 Å². The average molecular weight is 418 g/mol. The zero-order valence-electron chi connectivity index (χ0n) is 14.7. The van der Waals surface area contributed by atoms with Crippen LogP contribution >= 0.6 is 0 Å². The van der Waals surface area contributed by atoms with Gasteiger partial charge in [0.25, 0.3) is 29.3 Å². The van der Waals surface area contributed by atoms with E-state index in [1.165, 1.54) is 13.8 Å². The second-order valence-corrected chi connectivity index (χ2v) is 5.68. The van der Waals surface area contributed by atoms with Gasteiger partial charge in [0.1, 0.15) is 0 Å². The Bertz CT molecular complexity index is 1380. The van der Waals surface area contributed by atoms with Crippen molar-refractivity contribution < 1.29 is 37.4 Å². The summed E-state index contributed by atoms with van der Waals surface area (Å²) in [5.74, 6) is -0.979. The number of hydrogen-bond acceptors (Lipinski definition) is 15. The molecule has 0 aliphatic rings. The molecule has 5 rings (SSSR count). The molecule has 0 spiro atoms. The summed E-state index contributed by atoms with van der Waals surface area (Å²) in [4.78, 5) is 0.284. The van der Waals surface area contributed by atoms with E-state index in [-0.39, 0.29) is 72.4 Å². The van der Waals surface area contributed by atoms with Gasteiger partial charge in [0.2, 0.25) is 11.4 Å². The maximum atomic E-state index is 12.1. The number of rotatable bonds is 4. The Morgan fingerprint density at radius 1 is 0.567 bits per heavy atom. The molecule has 18 heteroatoms. The monoisotopic (exact) mass is 418 g/mol. The third kappa shape index (κ3) is 2.43. The number of hydrogen-bond donors (Lipinski definition) is 0. The van der Waals surface area contributed by atoms with Gasteiger partial charge in [0, 0.05) is 13.8 Å². The lowest BCUT2D eigenvalue weighted by Crippen LogP contribution is -2.25. The van der Waals surface area contributed by atoms with Gasteiger partial charge in [-0.3, -0.25) is 13.9 Å². The highest BCUT2D eigenvalue weighted by atomic mass is 16.8. The Morgan fingerprint density at radius 2 is 0.967 bits per heavy atom. The summed E-state index contributed by atoms with van der Waals surface area (Å²) in [5.41, 5.74) is -0.472. The molecule has 5 heterocycles. The lowest BCUT2D eigenvalue weighted by Gasteiger charge is -1.90. The van der Waals surface area contributed by atoms with Crippen LogP contribution in [0.4, 0.5) is 0 Å². The van der Waals surface area contributed by atoms with Gasteiger partial charge in [-0.05, 0) is 14.7 Å². The summed E-state index contributed by atoms with van der Waals surface area (Å²) in [6, 6.07) is 0. The predicted molar refractivity (Wildman–Crippen MR) is 80.4 cm³/mol. The molecule has 18 nitrogen and oxygen atoms in total. The van der Waals surface area contributed by atoms with Gasteiger partial charge >= 0.3 is 17.1 Å². The Kier molecular flexibility index (Phi) is 3.47. The van der Waals surface area contributed by atoms with Crippen LogP contribution < -0.4 is 14.7 Å². The summed E-state index contributed by atoms with van der Waals surface area (Å²) >= 11 is 0. The second kappa shape index (κ2) is 6.05. The molecular weight excluding hydrogens is 412 g/mol. The van der Waals surface area contributed by atoms with Gasteiger partial charge in [-0.1, -0.05) is 0 Å². The summed E-state index contributed by atoms with van der Waals surface area (Å²) in [5, 5.41) is 60.3. The topological polar surface area (TPSA) is 237 Å². The number of aromatic nitrogens is 10. The molecule has 0 aliphatic heterocycles. The van der Waals surface area contributed by atoms with Crippen molar-refractivity contribution >= 4 is 0 Å². The molecule has 0 N–H and O–H groups in total. The first-order valence-electron chi connectivity index (χ1n) is 7.85. The van der Waals surface area contributed by atoms with E-state index in [2.05, 4.69) is 49.8 Å². The minimum absolute atomic E-state index is 0.00343. The van der Waals surface area contributed by atoms with Crippen LogP contribution in [0.5, 0.6) is 0 Å². The van der Waals surface area contributed by atoms with Crippen LogP contribution in [0.3, 0.4) is 0 Å². The molecule has 30 heavy (non-hydrogen) atoms. The Hall–Kier alpha value is -4.90. The lowest BCUT2D eigenvalue weighted by molar-refractivity contribution is -0.806. The Morgan fingerprint density at radius 3 is 1.47 bits per heavy atom. The maximum absolute atomic E-state index is 12.1. The fourth-order valence-electron chi connectivity index (χ4n) is 2.37. The van der Waals surface area contributed by atoms with Crippen molar-refractivity contribution in [1.29, 1.82) is 0 Å². The first-order chi connectivity index (χ1) is 14.4. The van der Waals surface area contributed by atoms with Gasteiger partial charge in [-0.2, -0.15) is 0 Å². The maximum Gasteiger partial charge on any atom is 0.317 e. The molecule has 0 aliphatic carbocycles. The first-order valence-corrected chi connectivity index (χ1v) is 7.85. The van der Waals surface area contributed by atoms with Crippen LogP contribution in [0.25, 0.3) is 46.3 Å². The van der Waals surface area contributed by atoms with Gasteiger partial charge in [0.05, 0.1) is 15.5 Å². The van der Waals surface area contributed by atoms with Gasteiger partial charge in [0.15, 0.2) is 0 Å². The van der Waals surface area contributed by atoms with Crippen molar-refractivity contribution in [2.24, 2.45) is 0 Å². The molecule has 0 aromatic carbocycles. The van der Waals surface area contributed by atoms with Crippen molar-refractivity contribution in [3.05, 3.63) is 27.0 Å². The standard InChI is InChI=1S/C12H6N10O8/c1-3-5(17-28-20(3)23)9-13-15-11(26-9)7-8(22(25)30-19-7)12-16-14-10(27-12)6-4(2)21(24)29-18-6/h1-2H3. The van der Waals surface area contributed by atoms with E-state index in [4.69, 9.17) is 8.83 Å². The zero-order chi connectivity index (χ0) is 21.0. The third-order valence-electron chi connectivity index (χ3n) is 3.92. The molecule has 0 saturated carbocycles. The SMILES string of the molecule is Cc1c(-c2nnc(-c3no[n+]([O-])c3-c3nnc(-c4no[n+]([O-])c4C)o3)o2)no[n+]1[O-]. The quantitative estimate of drug-likeness (QED) is 0.305. The second-order valence-electron chi connectivity index (χ2n) is 5.68.